The van der Waals surface area contributed by atoms with Crippen LogP contribution in [0.5, 0.6) is 0 Å². The Labute approximate surface area is 138 Å². The van der Waals surface area contributed by atoms with Crippen molar-refractivity contribution >= 4 is 24.6 Å². The van der Waals surface area contributed by atoms with E-state index in [0.29, 0.717) is 12.3 Å². The van der Waals surface area contributed by atoms with Gasteiger partial charge in [-0.15, -0.1) is 0 Å². The van der Waals surface area contributed by atoms with Crippen LogP contribution in [0.15, 0.2) is 0 Å². The van der Waals surface area contributed by atoms with Crippen molar-refractivity contribution in [1.29, 1.82) is 0 Å². The average molecular weight is 328 g/mol. The minimum absolute atomic E-state index is 0.178. The summed E-state index contributed by atoms with van der Waals surface area (Å²) in [5, 5.41) is 0.178. The van der Waals surface area contributed by atoms with Crippen molar-refractivity contribution in [2.75, 3.05) is 26.2 Å². The Morgan fingerprint density at radius 2 is 2.09 bits per heavy atom. The molecule has 2 atom stereocenters. The fourth-order valence-electron chi connectivity index (χ4n) is 3.10. The Morgan fingerprint density at radius 3 is 2.68 bits per heavy atom. The molecule has 0 saturated carbocycles. The quantitative estimate of drug-likeness (QED) is 0.810. The maximum Gasteiger partial charge on any atom is 0.410 e. The second kappa shape index (κ2) is 7.11. The summed E-state index contributed by atoms with van der Waals surface area (Å²) in [7, 11) is 0. The molecule has 0 aromatic rings. The lowest BCUT2D eigenvalue weighted by Crippen LogP contribution is -2.43. The molecule has 2 aliphatic rings. The highest BCUT2D eigenvalue weighted by atomic mass is 32.1. The molecule has 2 unspecified atom stereocenters. The van der Waals surface area contributed by atoms with Gasteiger partial charge in [0.05, 0.1) is 0 Å². The minimum Gasteiger partial charge on any atom is -0.444 e. The van der Waals surface area contributed by atoms with E-state index in [1.54, 1.807) is 0 Å². The topological polar surface area (TPSA) is 49.9 Å². The molecule has 2 rings (SSSR count). The molecule has 0 N–H and O–H groups in total. The Kier molecular flexibility index (Phi) is 5.64. The van der Waals surface area contributed by atoms with E-state index in [9.17, 15) is 9.59 Å². The molecule has 0 aromatic carbocycles. The van der Waals surface area contributed by atoms with Gasteiger partial charge < -0.3 is 14.5 Å². The number of nitrogens with zero attached hydrogens (tertiary/aromatic N) is 2. The maximum absolute atomic E-state index is 12.1. The van der Waals surface area contributed by atoms with Gasteiger partial charge in [-0.1, -0.05) is 0 Å². The highest BCUT2D eigenvalue weighted by Gasteiger charge is 2.30. The fourth-order valence-corrected chi connectivity index (χ4v) is 3.45. The summed E-state index contributed by atoms with van der Waals surface area (Å²) in [5.41, 5.74) is -0.451. The van der Waals surface area contributed by atoms with E-state index in [4.69, 9.17) is 4.74 Å². The summed E-state index contributed by atoms with van der Waals surface area (Å²) in [5.74, 6) is 0.660. The number of carbonyl (C=O) groups is 2. The number of thiol groups is 1. The summed E-state index contributed by atoms with van der Waals surface area (Å²) in [6, 6.07) is 0. The van der Waals surface area contributed by atoms with E-state index < -0.39 is 5.60 Å². The summed E-state index contributed by atoms with van der Waals surface area (Å²) in [6.07, 6.45) is 3.41. The first-order valence-electron chi connectivity index (χ1n) is 8.18. The van der Waals surface area contributed by atoms with E-state index in [2.05, 4.69) is 12.6 Å². The van der Waals surface area contributed by atoms with Gasteiger partial charge in [0.1, 0.15) is 5.60 Å². The van der Waals surface area contributed by atoms with Crippen LogP contribution in [0.1, 0.15) is 46.5 Å². The predicted molar refractivity (Wildman–Crippen MR) is 89.1 cm³/mol. The molecule has 0 radical (unpaired) electrons. The third-order valence-corrected chi connectivity index (χ3v) is 4.52. The minimum atomic E-state index is -0.451. The molecule has 6 heteroatoms. The van der Waals surface area contributed by atoms with Crippen molar-refractivity contribution in [3.05, 3.63) is 0 Å². The van der Waals surface area contributed by atoms with Crippen molar-refractivity contribution in [2.45, 2.75) is 57.3 Å². The van der Waals surface area contributed by atoms with Crippen LogP contribution < -0.4 is 0 Å². The van der Waals surface area contributed by atoms with E-state index >= 15 is 0 Å². The summed E-state index contributed by atoms with van der Waals surface area (Å²) >= 11 is 4.38. The third-order valence-electron chi connectivity index (χ3n) is 4.17. The largest absolute Gasteiger partial charge is 0.444 e. The van der Waals surface area contributed by atoms with Crippen molar-refractivity contribution in [3.8, 4) is 0 Å². The van der Waals surface area contributed by atoms with E-state index in [-0.39, 0.29) is 17.3 Å². The smallest absolute Gasteiger partial charge is 0.410 e. The predicted octanol–water partition coefficient (Wildman–Crippen LogP) is 2.55. The molecule has 2 fully saturated rings. The van der Waals surface area contributed by atoms with Gasteiger partial charge in [0.15, 0.2) is 0 Å². The van der Waals surface area contributed by atoms with Crippen LogP contribution in [0.3, 0.4) is 0 Å². The molecule has 0 spiro atoms. The number of ether oxygens (including phenoxy) is 1. The van der Waals surface area contributed by atoms with Crippen molar-refractivity contribution < 1.29 is 14.3 Å². The number of likely N-dealkylation sites (tertiary alicyclic amines) is 2. The molecule has 0 aliphatic carbocycles. The number of amides is 2. The second-order valence-corrected chi connectivity index (χ2v) is 8.15. The van der Waals surface area contributed by atoms with Gasteiger partial charge in [0, 0.05) is 37.8 Å². The Morgan fingerprint density at radius 1 is 1.36 bits per heavy atom. The molecular formula is C16H28N2O3S. The molecule has 2 aliphatic heterocycles. The van der Waals surface area contributed by atoms with Crippen LogP contribution >= 0.6 is 12.6 Å². The molecule has 2 heterocycles. The standard InChI is InChI=1S/C16H28N2O3S/c1-16(2,3)21-15(20)18-7-4-5-12(10-18)6-8-17-11-13(22)9-14(17)19/h12-13,22H,4-11H2,1-3H3. The van der Waals surface area contributed by atoms with Gasteiger partial charge >= 0.3 is 6.09 Å². The zero-order chi connectivity index (χ0) is 16.3. The van der Waals surface area contributed by atoms with Gasteiger partial charge in [-0.25, -0.2) is 4.79 Å². The maximum atomic E-state index is 12.1. The highest BCUT2D eigenvalue weighted by molar-refractivity contribution is 7.81. The SMILES string of the molecule is CC(C)(C)OC(=O)N1CCCC(CCN2CC(S)CC2=O)C1. The van der Waals surface area contributed by atoms with Crippen molar-refractivity contribution in [2.24, 2.45) is 5.92 Å². The number of rotatable bonds is 3. The highest BCUT2D eigenvalue weighted by Crippen LogP contribution is 2.23. The Hall–Kier alpha value is -0.910. The number of piperidine rings is 1. The number of hydrogen-bond acceptors (Lipinski definition) is 4. The van der Waals surface area contributed by atoms with Gasteiger partial charge in [0.25, 0.3) is 0 Å². The van der Waals surface area contributed by atoms with Crippen LogP contribution in [-0.4, -0.2) is 58.8 Å². The van der Waals surface area contributed by atoms with Crippen LogP contribution in [0.4, 0.5) is 4.79 Å². The lowest BCUT2D eigenvalue weighted by Gasteiger charge is -2.34. The molecule has 126 valence electrons. The number of hydrogen-bond donors (Lipinski definition) is 1. The van der Waals surface area contributed by atoms with Gasteiger partial charge in [-0.2, -0.15) is 12.6 Å². The molecule has 2 saturated heterocycles. The average Bonchev–Trinajstić information content (AvgIpc) is 2.73. The molecule has 0 bridgehead atoms. The van der Waals surface area contributed by atoms with Crippen LogP contribution in [-0.2, 0) is 9.53 Å². The second-order valence-electron chi connectivity index (χ2n) is 7.42. The van der Waals surface area contributed by atoms with Crippen LogP contribution in [0, 0.1) is 5.92 Å². The van der Waals surface area contributed by atoms with E-state index in [0.717, 1.165) is 45.4 Å². The zero-order valence-corrected chi connectivity index (χ0v) is 14.8. The van der Waals surface area contributed by atoms with Crippen LogP contribution in [0.2, 0.25) is 0 Å². The molecule has 0 aromatic heterocycles. The van der Waals surface area contributed by atoms with Crippen LogP contribution in [0.25, 0.3) is 0 Å². The molecule has 22 heavy (non-hydrogen) atoms. The van der Waals surface area contributed by atoms with E-state index in [1.165, 1.54) is 0 Å². The normalized spacial score (nSPS) is 26.5. The zero-order valence-electron chi connectivity index (χ0n) is 13.9. The van der Waals surface area contributed by atoms with Gasteiger partial charge in [-0.3, -0.25) is 4.79 Å². The summed E-state index contributed by atoms with van der Waals surface area (Å²) in [6.45, 7) is 8.71. The van der Waals surface area contributed by atoms with Crippen molar-refractivity contribution in [1.82, 2.24) is 9.80 Å². The first kappa shape index (κ1) is 17.4. The Balaban J connectivity index is 1.78. The monoisotopic (exact) mass is 328 g/mol. The summed E-state index contributed by atoms with van der Waals surface area (Å²) < 4.78 is 5.45. The first-order chi connectivity index (χ1) is 10.2. The molecule has 5 nitrogen and oxygen atoms in total. The van der Waals surface area contributed by atoms with Crippen molar-refractivity contribution in [3.63, 3.8) is 0 Å². The third kappa shape index (κ3) is 5.07. The molecule has 2 amide bonds. The van der Waals surface area contributed by atoms with E-state index in [1.807, 2.05) is 30.6 Å². The first-order valence-corrected chi connectivity index (χ1v) is 8.70. The lowest BCUT2D eigenvalue weighted by molar-refractivity contribution is -0.127. The Bertz CT molecular complexity index is 422. The van der Waals surface area contributed by atoms with Gasteiger partial charge in [-0.05, 0) is 46.0 Å². The fraction of sp³-hybridized carbons (Fsp3) is 0.875. The van der Waals surface area contributed by atoms with Gasteiger partial charge in [0.2, 0.25) is 5.91 Å². The molecular weight excluding hydrogens is 300 g/mol. The number of carbonyl (C=O) groups excluding carboxylic acids is 2. The lowest BCUT2D eigenvalue weighted by atomic mass is 9.95. The summed E-state index contributed by atoms with van der Waals surface area (Å²) in [4.78, 5) is 27.6.